The lowest BCUT2D eigenvalue weighted by molar-refractivity contribution is 0.0963. The van der Waals surface area contributed by atoms with Crippen LogP contribution in [0.15, 0.2) is 17.6 Å². The predicted molar refractivity (Wildman–Crippen MR) is 83.1 cm³/mol. The van der Waals surface area contributed by atoms with Crippen molar-refractivity contribution in [2.45, 2.75) is 24.8 Å². The van der Waals surface area contributed by atoms with Crippen molar-refractivity contribution in [3.8, 4) is 0 Å². The molecule has 0 saturated carbocycles. The van der Waals surface area contributed by atoms with Gasteiger partial charge < -0.3 is 16.4 Å². The summed E-state index contributed by atoms with van der Waals surface area (Å²) < 4.78 is 23.7. The SMILES string of the molecule is C=CCNC(=O)c1sc(NC(C)C)c(S(C)(=O)=O)c1N. The number of amides is 1. The van der Waals surface area contributed by atoms with Crippen molar-refractivity contribution in [1.29, 1.82) is 0 Å². The molecule has 0 spiro atoms. The number of nitrogens with one attached hydrogen (secondary N) is 2. The third kappa shape index (κ3) is 3.73. The lowest BCUT2D eigenvalue weighted by Gasteiger charge is -2.09. The number of nitrogen functional groups attached to an aromatic ring is 1. The average Bonchev–Trinajstić information content (AvgIpc) is 2.61. The van der Waals surface area contributed by atoms with Crippen molar-refractivity contribution < 1.29 is 13.2 Å². The largest absolute Gasteiger partial charge is 0.396 e. The summed E-state index contributed by atoms with van der Waals surface area (Å²) in [7, 11) is -3.52. The first kappa shape index (κ1) is 16.5. The number of sulfone groups is 1. The molecule has 4 N–H and O–H groups in total. The Morgan fingerprint density at radius 1 is 1.50 bits per heavy atom. The van der Waals surface area contributed by atoms with Crippen LogP contribution < -0.4 is 16.4 Å². The monoisotopic (exact) mass is 317 g/mol. The predicted octanol–water partition coefficient (Wildman–Crippen LogP) is 1.47. The Hall–Kier alpha value is -1.54. The molecule has 20 heavy (non-hydrogen) atoms. The molecule has 1 aromatic rings. The van der Waals surface area contributed by atoms with E-state index < -0.39 is 15.7 Å². The van der Waals surface area contributed by atoms with Gasteiger partial charge >= 0.3 is 0 Å². The Kier molecular flexibility index (Phi) is 5.18. The number of hydrogen-bond donors (Lipinski definition) is 3. The average molecular weight is 317 g/mol. The van der Waals surface area contributed by atoms with Crippen molar-refractivity contribution >= 4 is 37.8 Å². The van der Waals surface area contributed by atoms with Crippen LogP contribution in [0, 0.1) is 0 Å². The summed E-state index contributed by atoms with van der Waals surface area (Å²) in [5, 5.41) is 5.99. The van der Waals surface area contributed by atoms with Crippen molar-refractivity contribution in [2.75, 3.05) is 23.9 Å². The van der Waals surface area contributed by atoms with Gasteiger partial charge in [0.1, 0.15) is 14.8 Å². The molecule has 1 rings (SSSR count). The highest BCUT2D eigenvalue weighted by Gasteiger charge is 2.27. The molecule has 0 radical (unpaired) electrons. The first-order chi connectivity index (χ1) is 9.18. The molecule has 8 heteroatoms. The molecule has 0 bridgehead atoms. The molecule has 0 aromatic carbocycles. The maximum absolute atomic E-state index is 12.0. The van der Waals surface area contributed by atoms with E-state index in [2.05, 4.69) is 17.2 Å². The highest BCUT2D eigenvalue weighted by atomic mass is 32.2. The van der Waals surface area contributed by atoms with Crippen LogP contribution in [0.25, 0.3) is 0 Å². The molecule has 6 nitrogen and oxygen atoms in total. The molecule has 0 fully saturated rings. The summed E-state index contributed by atoms with van der Waals surface area (Å²) in [6.45, 7) is 7.54. The molecule has 0 atom stereocenters. The molecule has 0 aliphatic rings. The fraction of sp³-hybridized carbons (Fsp3) is 0.417. The zero-order chi connectivity index (χ0) is 15.5. The molecule has 0 saturated heterocycles. The quantitative estimate of drug-likeness (QED) is 0.690. The molecule has 112 valence electrons. The maximum Gasteiger partial charge on any atom is 0.263 e. The second-order valence-corrected chi connectivity index (χ2v) is 7.55. The fourth-order valence-corrected chi connectivity index (χ4v) is 4.19. The molecule has 0 aliphatic heterocycles. The Balaban J connectivity index is 3.32. The van der Waals surface area contributed by atoms with Crippen LogP contribution in [-0.2, 0) is 9.84 Å². The zero-order valence-electron chi connectivity index (χ0n) is 11.7. The Bertz CT molecular complexity index is 618. The minimum absolute atomic E-state index is 0.0118. The zero-order valence-corrected chi connectivity index (χ0v) is 13.3. The third-order valence-electron chi connectivity index (χ3n) is 2.30. The highest BCUT2D eigenvalue weighted by molar-refractivity contribution is 7.91. The van der Waals surface area contributed by atoms with Crippen LogP contribution in [0.2, 0.25) is 0 Å². The van der Waals surface area contributed by atoms with Crippen LogP contribution in [0.1, 0.15) is 23.5 Å². The Labute approximate surface area is 123 Å². The minimum atomic E-state index is -3.52. The number of nitrogens with two attached hydrogens (primary N) is 1. The second kappa shape index (κ2) is 6.27. The number of carbonyl (C=O) groups excluding carboxylic acids is 1. The molecule has 0 aliphatic carbocycles. The van der Waals surface area contributed by atoms with Crippen molar-refractivity contribution in [2.24, 2.45) is 0 Å². The summed E-state index contributed by atoms with van der Waals surface area (Å²) in [5.74, 6) is -0.408. The second-order valence-electron chi connectivity index (χ2n) is 4.57. The van der Waals surface area contributed by atoms with E-state index in [1.54, 1.807) is 0 Å². The number of rotatable bonds is 6. The van der Waals surface area contributed by atoms with Gasteiger partial charge in [0, 0.05) is 18.8 Å². The summed E-state index contributed by atoms with van der Waals surface area (Å²) in [5.41, 5.74) is 5.83. The van der Waals surface area contributed by atoms with Crippen LogP contribution in [0.4, 0.5) is 10.7 Å². The number of hydrogen-bond acceptors (Lipinski definition) is 6. The van der Waals surface area contributed by atoms with Crippen LogP contribution in [0.5, 0.6) is 0 Å². The topological polar surface area (TPSA) is 101 Å². The van der Waals surface area contributed by atoms with Gasteiger partial charge in [-0.25, -0.2) is 8.42 Å². The van der Waals surface area contributed by atoms with Crippen molar-refractivity contribution in [3.05, 3.63) is 17.5 Å². The molecular formula is C12H19N3O3S2. The van der Waals surface area contributed by atoms with Crippen LogP contribution >= 0.6 is 11.3 Å². The Morgan fingerprint density at radius 3 is 2.55 bits per heavy atom. The van der Waals surface area contributed by atoms with Gasteiger partial charge in [0.05, 0.1) is 5.69 Å². The summed E-state index contributed by atoms with van der Waals surface area (Å²) in [4.78, 5) is 12.1. The van der Waals surface area contributed by atoms with E-state index >= 15 is 0 Å². The number of anilines is 2. The number of carbonyl (C=O) groups is 1. The van der Waals surface area contributed by atoms with Crippen LogP contribution in [0.3, 0.4) is 0 Å². The molecule has 0 unspecified atom stereocenters. The van der Waals surface area contributed by atoms with Gasteiger partial charge in [-0.15, -0.1) is 17.9 Å². The molecular weight excluding hydrogens is 298 g/mol. The first-order valence-electron chi connectivity index (χ1n) is 5.96. The van der Waals surface area contributed by atoms with Gasteiger partial charge in [-0.05, 0) is 13.8 Å². The standard InChI is InChI=1S/C12H19N3O3S2/c1-5-6-14-11(16)9-8(13)10(20(4,17)18)12(19-9)15-7(2)3/h5,7,15H,1,6,13H2,2-4H3,(H,14,16). The summed E-state index contributed by atoms with van der Waals surface area (Å²) in [6, 6.07) is 0.0256. The van der Waals surface area contributed by atoms with E-state index in [-0.39, 0.29) is 28.0 Å². The van der Waals surface area contributed by atoms with E-state index in [1.165, 1.54) is 6.08 Å². The van der Waals surface area contributed by atoms with Gasteiger partial charge in [-0.2, -0.15) is 0 Å². The fourth-order valence-electron chi connectivity index (χ4n) is 1.57. The normalized spacial score (nSPS) is 11.4. The van der Waals surface area contributed by atoms with Gasteiger partial charge in [0.25, 0.3) is 5.91 Å². The summed E-state index contributed by atoms with van der Waals surface area (Å²) >= 11 is 1.04. The Morgan fingerprint density at radius 2 is 2.10 bits per heavy atom. The lowest BCUT2D eigenvalue weighted by atomic mass is 10.3. The van der Waals surface area contributed by atoms with E-state index in [4.69, 9.17) is 5.73 Å². The highest BCUT2D eigenvalue weighted by Crippen LogP contribution is 2.39. The van der Waals surface area contributed by atoms with Crippen molar-refractivity contribution in [1.82, 2.24) is 5.32 Å². The van der Waals surface area contributed by atoms with E-state index in [1.807, 2.05) is 13.8 Å². The third-order valence-corrected chi connectivity index (χ3v) is 4.73. The van der Waals surface area contributed by atoms with Gasteiger partial charge in [-0.3, -0.25) is 4.79 Å². The van der Waals surface area contributed by atoms with E-state index in [0.717, 1.165) is 17.6 Å². The van der Waals surface area contributed by atoms with Crippen LogP contribution in [-0.4, -0.2) is 33.2 Å². The van der Waals surface area contributed by atoms with Crippen molar-refractivity contribution in [3.63, 3.8) is 0 Å². The summed E-state index contributed by atoms with van der Waals surface area (Å²) in [6.07, 6.45) is 2.61. The molecule has 1 heterocycles. The number of thiophene rings is 1. The minimum Gasteiger partial charge on any atom is -0.396 e. The van der Waals surface area contributed by atoms with E-state index in [9.17, 15) is 13.2 Å². The lowest BCUT2D eigenvalue weighted by Crippen LogP contribution is -2.23. The molecule has 1 aromatic heterocycles. The van der Waals surface area contributed by atoms with Gasteiger partial charge in [0.2, 0.25) is 0 Å². The molecule has 1 amide bonds. The van der Waals surface area contributed by atoms with Gasteiger partial charge in [-0.1, -0.05) is 6.08 Å². The maximum atomic E-state index is 12.0. The van der Waals surface area contributed by atoms with E-state index in [0.29, 0.717) is 5.00 Å². The first-order valence-corrected chi connectivity index (χ1v) is 8.67. The smallest absolute Gasteiger partial charge is 0.263 e. The van der Waals surface area contributed by atoms with Gasteiger partial charge in [0.15, 0.2) is 9.84 Å².